The van der Waals surface area contributed by atoms with Crippen molar-refractivity contribution in [1.29, 1.82) is 0 Å². The van der Waals surface area contributed by atoms with Gasteiger partial charge in [-0.15, -0.1) is 0 Å². The maximum Gasteiger partial charge on any atom is 0.426 e. The summed E-state index contributed by atoms with van der Waals surface area (Å²) in [5.74, 6) is 0.370. The van der Waals surface area contributed by atoms with Gasteiger partial charge in [0.25, 0.3) is 0 Å². The third-order valence-corrected chi connectivity index (χ3v) is 5.36. The summed E-state index contributed by atoms with van der Waals surface area (Å²) in [6.45, 7) is 0. The van der Waals surface area contributed by atoms with Gasteiger partial charge in [-0.2, -0.15) is 0 Å². The van der Waals surface area contributed by atoms with E-state index in [9.17, 15) is 9.59 Å². The van der Waals surface area contributed by atoms with Gasteiger partial charge in [0.05, 0.1) is 0 Å². The summed E-state index contributed by atoms with van der Waals surface area (Å²) in [5, 5.41) is 0. The second kappa shape index (κ2) is 9.41. The zero-order valence-electron chi connectivity index (χ0n) is 17.1. The van der Waals surface area contributed by atoms with Crippen molar-refractivity contribution >= 4 is 11.9 Å². The van der Waals surface area contributed by atoms with Crippen LogP contribution in [0.1, 0.15) is 36.0 Å². The van der Waals surface area contributed by atoms with Crippen LogP contribution < -0.4 is 10.9 Å². The van der Waals surface area contributed by atoms with Crippen molar-refractivity contribution in [2.45, 2.75) is 24.8 Å². The minimum atomic E-state index is -0.848. The number of carbonyl (C=O) groups is 2. The molecule has 0 radical (unpaired) electrons. The summed E-state index contributed by atoms with van der Waals surface area (Å²) in [5.41, 5.74) is 7.99. The molecule has 0 saturated carbocycles. The molecule has 0 atom stereocenters. The highest BCUT2D eigenvalue weighted by atomic mass is 16.6. The Morgan fingerprint density at radius 3 is 1.68 bits per heavy atom. The Labute approximate surface area is 181 Å². The molecule has 156 valence electrons. The van der Waals surface area contributed by atoms with E-state index in [0.29, 0.717) is 25.0 Å². The van der Waals surface area contributed by atoms with E-state index in [2.05, 4.69) is 10.9 Å². The summed E-state index contributed by atoms with van der Waals surface area (Å²) in [4.78, 5) is 24.2. The molecule has 31 heavy (non-hydrogen) atoms. The topological polar surface area (TPSA) is 67.4 Å². The maximum atomic E-state index is 12.6. The van der Waals surface area contributed by atoms with Crippen LogP contribution in [0.5, 0.6) is 0 Å². The van der Waals surface area contributed by atoms with Crippen LogP contribution in [0.2, 0.25) is 0 Å². The number of allylic oxidation sites excluding steroid dienone is 2. The fraction of sp³-hybridized carbons (Fsp3) is 0.154. The van der Waals surface area contributed by atoms with Crippen molar-refractivity contribution in [2.24, 2.45) is 0 Å². The van der Waals surface area contributed by atoms with Crippen LogP contribution in [0.25, 0.3) is 0 Å². The Bertz CT molecular complexity index is 967. The van der Waals surface area contributed by atoms with Gasteiger partial charge in [0.1, 0.15) is 11.3 Å². The minimum absolute atomic E-state index is 0.0192. The molecule has 4 rings (SSSR count). The fourth-order valence-electron chi connectivity index (χ4n) is 3.91. The number of carbonyl (C=O) groups excluding carboxylic acids is 2. The molecule has 0 saturated heterocycles. The standard InChI is InChI=1S/C26H24N2O3/c29-23-17-10-18-24(19-23)31-25(30)27-28-26(20-11-4-1-5-12-20,21-13-6-2-7-14-21)22-15-8-3-9-16-22/h1-9,11-16,19,28H,10,17-18H2,(H,27,30). The molecule has 3 aromatic carbocycles. The van der Waals surface area contributed by atoms with E-state index in [1.807, 2.05) is 91.0 Å². The lowest BCUT2D eigenvalue weighted by Gasteiger charge is -2.36. The molecule has 0 aromatic heterocycles. The fourth-order valence-corrected chi connectivity index (χ4v) is 3.91. The van der Waals surface area contributed by atoms with Crippen molar-refractivity contribution in [1.82, 2.24) is 10.9 Å². The lowest BCUT2D eigenvalue weighted by molar-refractivity contribution is -0.115. The van der Waals surface area contributed by atoms with Crippen LogP contribution in [0.4, 0.5) is 4.79 Å². The molecular weight excluding hydrogens is 388 g/mol. The molecule has 0 unspecified atom stereocenters. The molecule has 0 aliphatic heterocycles. The van der Waals surface area contributed by atoms with Gasteiger partial charge in [-0.05, 0) is 23.1 Å². The summed E-state index contributed by atoms with van der Waals surface area (Å²) in [6.07, 6.45) is 2.50. The van der Waals surface area contributed by atoms with E-state index >= 15 is 0 Å². The van der Waals surface area contributed by atoms with Crippen LogP contribution >= 0.6 is 0 Å². The molecule has 0 spiro atoms. The van der Waals surface area contributed by atoms with Crippen molar-refractivity contribution in [2.75, 3.05) is 0 Å². The van der Waals surface area contributed by atoms with E-state index in [0.717, 1.165) is 16.7 Å². The van der Waals surface area contributed by atoms with Gasteiger partial charge < -0.3 is 4.74 Å². The highest BCUT2D eigenvalue weighted by Crippen LogP contribution is 2.36. The maximum absolute atomic E-state index is 12.6. The first-order valence-electron chi connectivity index (χ1n) is 10.3. The van der Waals surface area contributed by atoms with Gasteiger partial charge in [-0.1, -0.05) is 91.0 Å². The largest absolute Gasteiger partial charge is 0.426 e. The van der Waals surface area contributed by atoms with Crippen molar-refractivity contribution in [3.63, 3.8) is 0 Å². The summed E-state index contributed by atoms with van der Waals surface area (Å²) < 4.78 is 5.39. The Morgan fingerprint density at radius 1 is 0.742 bits per heavy atom. The molecule has 0 fully saturated rings. The number of amides is 1. The molecule has 5 heteroatoms. The first-order chi connectivity index (χ1) is 15.2. The second-order valence-corrected chi connectivity index (χ2v) is 7.42. The smallest absolute Gasteiger partial charge is 0.414 e. The van der Waals surface area contributed by atoms with E-state index < -0.39 is 11.6 Å². The Morgan fingerprint density at radius 2 is 1.23 bits per heavy atom. The first-order valence-corrected chi connectivity index (χ1v) is 10.3. The van der Waals surface area contributed by atoms with Crippen molar-refractivity contribution in [3.8, 4) is 0 Å². The zero-order valence-corrected chi connectivity index (χ0v) is 17.1. The van der Waals surface area contributed by atoms with Gasteiger partial charge in [0.2, 0.25) is 0 Å². The molecule has 1 amide bonds. The quantitative estimate of drug-likeness (QED) is 0.449. The number of rotatable bonds is 6. The molecule has 5 nitrogen and oxygen atoms in total. The normalized spacial score (nSPS) is 13.9. The number of hydrogen-bond acceptors (Lipinski definition) is 4. The van der Waals surface area contributed by atoms with Crippen molar-refractivity contribution < 1.29 is 14.3 Å². The van der Waals surface area contributed by atoms with Crippen LogP contribution in [0, 0.1) is 0 Å². The molecule has 3 aromatic rings. The summed E-state index contributed by atoms with van der Waals surface area (Å²) in [7, 11) is 0. The number of ether oxygens (including phenoxy) is 1. The first kappa shape index (κ1) is 20.6. The highest BCUT2D eigenvalue weighted by molar-refractivity contribution is 5.91. The number of benzene rings is 3. The van der Waals surface area contributed by atoms with Crippen LogP contribution in [0.15, 0.2) is 103 Å². The number of nitrogens with one attached hydrogen (secondary N) is 2. The average Bonchev–Trinajstić information content (AvgIpc) is 2.82. The molecular formula is C26H24N2O3. The number of ketones is 1. The number of hydrogen-bond donors (Lipinski definition) is 2. The summed E-state index contributed by atoms with van der Waals surface area (Å²) >= 11 is 0. The molecule has 1 aliphatic rings. The van der Waals surface area contributed by atoms with E-state index in [1.165, 1.54) is 6.08 Å². The van der Waals surface area contributed by atoms with Gasteiger partial charge in [0, 0.05) is 18.9 Å². The molecule has 2 N–H and O–H groups in total. The molecule has 1 aliphatic carbocycles. The summed E-state index contributed by atoms with van der Waals surface area (Å²) in [6, 6.07) is 29.8. The van der Waals surface area contributed by atoms with E-state index in [1.54, 1.807) is 0 Å². The minimum Gasteiger partial charge on any atom is -0.414 e. The second-order valence-electron chi connectivity index (χ2n) is 7.42. The van der Waals surface area contributed by atoms with Crippen molar-refractivity contribution in [3.05, 3.63) is 120 Å². The van der Waals surface area contributed by atoms with Crippen LogP contribution in [-0.4, -0.2) is 11.9 Å². The lowest BCUT2D eigenvalue weighted by atomic mass is 9.77. The average molecular weight is 412 g/mol. The van der Waals surface area contributed by atoms with Gasteiger partial charge in [0.15, 0.2) is 5.78 Å². The van der Waals surface area contributed by atoms with E-state index in [-0.39, 0.29) is 5.78 Å². The third kappa shape index (κ3) is 4.57. The molecule has 0 heterocycles. The van der Waals surface area contributed by atoms with Crippen LogP contribution in [0.3, 0.4) is 0 Å². The van der Waals surface area contributed by atoms with Gasteiger partial charge in [-0.3, -0.25) is 10.2 Å². The van der Waals surface area contributed by atoms with Gasteiger partial charge >= 0.3 is 6.09 Å². The van der Waals surface area contributed by atoms with E-state index in [4.69, 9.17) is 4.74 Å². The van der Waals surface area contributed by atoms with Gasteiger partial charge in [-0.25, -0.2) is 10.2 Å². The Balaban J connectivity index is 1.70. The number of hydrazine groups is 1. The molecule has 0 bridgehead atoms. The predicted molar refractivity (Wildman–Crippen MR) is 119 cm³/mol. The zero-order chi connectivity index (χ0) is 21.5. The highest BCUT2D eigenvalue weighted by Gasteiger charge is 2.36. The Kier molecular flexibility index (Phi) is 6.24. The SMILES string of the molecule is O=C1C=C(OC(=O)NNC(c2ccccc2)(c2ccccc2)c2ccccc2)CCC1. The van der Waals surface area contributed by atoms with Crippen LogP contribution in [-0.2, 0) is 15.1 Å². The monoisotopic (exact) mass is 412 g/mol. The predicted octanol–water partition coefficient (Wildman–Crippen LogP) is 4.85. The lowest BCUT2D eigenvalue weighted by Crippen LogP contribution is -2.53. The third-order valence-electron chi connectivity index (χ3n) is 5.36. The Hall–Kier alpha value is -3.70.